The maximum absolute atomic E-state index is 12.2. The third-order valence-electron chi connectivity index (χ3n) is 10.9. The van der Waals surface area contributed by atoms with Crippen molar-refractivity contribution in [3.63, 3.8) is 0 Å². The van der Waals surface area contributed by atoms with Crippen molar-refractivity contribution in [1.82, 2.24) is 5.32 Å². The topological polar surface area (TPSA) is 29.1 Å². The first-order valence-electron chi connectivity index (χ1n) is 13.9. The number of unbranched alkanes of at least 4 members (excludes halogenated alkanes) is 1. The van der Waals surface area contributed by atoms with Crippen LogP contribution in [0.1, 0.15) is 91.4 Å². The Balaban J connectivity index is 1.35. The molecule has 6 aliphatic carbocycles. The maximum Gasteiger partial charge on any atom is 0.178 e. The van der Waals surface area contributed by atoms with E-state index in [1.807, 2.05) is 12.2 Å². The van der Waals surface area contributed by atoms with Crippen LogP contribution in [0.2, 0.25) is 0 Å². The van der Waals surface area contributed by atoms with Gasteiger partial charge in [0.15, 0.2) is 5.78 Å². The van der Waals surface area contributed by atoms with Crippen LogP contribution in [0.25, 0.3) is 0 Å². The smallest absolute Gasteiger partial charge is 0.178 e. The Morgan fingerprint density at radius 2 is 1.88 bits per heavy atom. The lowest BCUT2D eigenvalue weighted by Crippen LogP contribution is -2.54. The lowest BCUT2D eigenvalue weighted by molar-refractivity contribution is -0.111. The number of hydrogen-bond acceptors (Lipinski definition) is 2. The summed E-state index contributed by atoms with van der Waals surface area (Å²) in [6.45, 7) is 8.67. The number of ketones is 1. The number of rotatable bonds is 6. The fourth-order valence-electron chi connectivity index (χ4n) is 9.14. The number of carbonyl (C=O) groups excluding carboxylic acids is 1. The van der Waals surface area contributed by atoms with E-state index >= 15 is 0 Å². The summed E-state index contributed by atoms with van der Waals surface area (Å²) in [5.74, 6) is 5.21. The first-order chi connectivity index (χ1) is 15.5. The molecule has 5 unspecified atom stereocenters. The van der Waals surface area contributed by atoms with Crippen molar-refractivity contribution < 1.29 is 4.79 Å². The molecule has 0 saturated heterocycles. The van der Waals surface area contributed by atoms with Gasteiger partial charge in [-0.1, -0.05) is 44.4 Å². The minimum atomic E-state index is 0.126. The van der Waals surface area contributed by atoms with E-state index in [2.05, 4.69) is 32.2 Å². The summed E-state index contributed by atoms with van der Waals surface area (Å²) in [4.78, 5) is 12.2. The van der Waals surface area contributed by atoms with Crippen molar-refractivity contribution in [2.45, 2.75) is 91.4 Å². The van der Waals surface area contributed by atoms with Gasteiger partial charge in [-0.05, 0) is 111 Å². The fraction of sp³-hybridized carbons (Fsp3) is 0.767. The average molecular weight is 434 g/mol. The molecule has 0 aromatic rings. The Bertz CT molecular complexity index is 885. The van der Waals surface area contributed by atoms with Crippen LogP contribution >= 0.6 is 0 Å². The predicted octanol–water partition coefficient (Wildman–Crippen LogP) is 6.98. The molecular formula is C30H43NO. The molecule has 0 radical (unpaired) electrons. The summed E-state index contributed by atoms with van der Waals surface area (Å²) in [5, 5.41) is 3.99. The molecule has 0 heterocycles. The molecule has 0 aromatic heterocycles. The van der Waals surface area contributed by atoms with Crippen LogP contribution in [0.4, 0.5) is 0 Å². The zero-order chi connectivity index (χ0) is 22.1. The van der Waals surface area contributed by atoms with Gasteiger partial charge in [0, 0.05) is 23.6 Å². The molecule has 6 aliphatic rings. The van der Waals surface area contributed by atoms with Gasteiger partial charge in [-0.15, -0.1) is 0 Å². The summed E-state index contributed by atoms with van der Waals surface area (Å²) in [7, 11) is 0. The summed E-state index contributed by atoms with van der Waals surface area (Å²) in [6.07, 6.45) is 21.1. The molecule has 0 aliphatic heterocycles. The SMILES string of the molecule is CCCCNC(=C1CC1)C1CCC2[C@H]3CCC4=CC(=O)C=C[C@]4(C)C3C(C3CC3)CC12C. The van der Waals surface area contributed by atoms with Crippen molar-refractivity contribution in [3.05, 3.63) is 35.1 Å². The van der Waals surface area contributed by atoms with Crippen LogP contribution in [0.15, 0.2) is 35.1 Å². The Hall–Kier alpha value is -1.31. The van der Waals surface area contributed by atoms with Gasteiger partial charge in [-0.25, -0.2) is 0 Å². The predicted molar refractivity (Wildman–Crippen MR) is 131 cm³/mol. The second kappa shape index (κ2) is 7.60. The highest BCUT2D eigenvalue weighted by atomic mass is 16.1. The van der Waals surface area contributed by atoms with Crippen molar-refractivity contribution in [3.8, 4) is 0 Å². The Kier molecular flexibility index (Phi) is 5.05. The summed E-state index contributed by atoms with van der Waals surface area (Å²) >= 11 is 0. The van der Waals surface area contributed by atoms with Crippen molar-refractivity contribution in [2.24, 2.45) is 46.3 Å². The molecule has 0 bridgehead atoms. The normalized spacial score (nSPS) is 44.5. The number of allylic oxidation sites excluding steroid dienone is 6. The molecule has 0 amide bonds. The number of hydrogen-bond donors (Lipinski definition) is 1. The van der Waals surface area contributed by atoms with Gasteiger partial charge >= 0.3 is 0 Å². The van der Waals surface area contributed by atoms with Crippen molar-refractivity contribution >= 4 is 5.78 Å². The van der Waals surface area contributed by atoms with Crippen LogP contribution in [-0.2, 0) is 4.79 Å². The van der Waals surface area contributed by atoms with Crippen LogP contribution in [0.3, 0.4) is 0 Å². The fourth-order valence-corrected chi connectivity index (χ4v) is 9.14. The van der Waals surface area contributed by atoms with E-state index in [1.165, 1.54) is 69.8 Å². The Labute approximate surface area is 195 Å². The lowest BCUT2D eigenvalue weighted by atomic mass is 9.44. The van der Waals surface area contributed by atoms with E-state index in [-0.39, 0.29) is 11.2 Å². The summed E-state index contributed by atoms with van der Waals surface area (Å²) < 4.78 is 0. The molecule has 32 heavy (non-hydrogen) atoms. The molecule has 5 fully saturated rings. The number of carbonyl (C=O) groups is 1. The molecule has 5 saturated carbocycles. The molecule has 2 heteroatoms. The van der Waals surface area contributed by atoms with E-state index < -0.39 is 0 Å². The van der Waals surface area contributed by atoms with Crippen LogP contribution < -0.4 is 5.32 Å². The van der Waals surface area contributed by atoms with Crippen molar-refractivity contribution in [2.75, 3.05) is 6.54 Å². The Morgan fingerprint density at radius 1 is 1.06 bits per heavy atom. The largest absolute Gasteiger partial charge is 0.388 e. The second-order valence-electron chi connectivity index (χ2n) is 12.7. The van der Waals surface area contributed by atoms with E-state index in [4.69, 9.17) is 0 Å². The zero-order valence-corrected chi connectivity index (χ0v) is 20.6. The van der Waals surface area contributed by atoms with Gasteiger partial charge in [-0.2, -0.15) is 0 Å². The molecule has 1 N–H and O–H groups in total. The lowest BCUT2D eigenvalue weighted by Gasteiger charge is -2.60. The van der Waals surface area contributed by atoms with E-state index in [9.17, 15) is 4.79 Å². The molecule has 2 nitrogen and oxygen atoms in total. The third-order valence-corrected chi connectivity index (χ3v) is 10.9. The second-order valence-corrected chi connectivity index (χ2v) is 12.7. The van der Waals surface area contributed by atoms with Crippen molar-refractivity contribution in [1.29, 1.82) is 0 Å². The molecule has 0 spiro atoms. The molecule has 7 atom stereocenters. The minimum absolute atomic E-state index is 0.126. The summed E-state index contributed by atoms with van der Waals surface area (Å²) in [6, 6.07) is 0. The van der Waals surface area contributed by atoms with E-state index in [1.54, 1.807) is 11.3 Å². The van der Waals surface area contributed by atoms with Gasteiger partial charge in [0.05, 0.1) is 0 Å². The highest BCUT2D eigenvalue weighted by molar-refractivity contribution is 6.01. The number of fused-ring (bicyclic) bond motifs is 5. The van der Waals surface area contributed by atoms with Gasteiger partial charge in [0.2, 0.25) is 0 Å². The standard InChI is InChI=1S/C30H43NO/c1-4-5-16-31-28(20-8-9-20)26-13-12-25-23-11-10-21-17-22(32)14-15-29(21,2)27(23)24(19-6-7-19)18-30(25,26)3/h14-15,17,19,23-27,31H,4-13,16,18H2,1-3H3/t23-,24?,25?,26?,27?,29+,30?/m1/s1. The quantitative estimate of drug-likeness (QED) is 0.458. The van der Waals surface area contributed by atoms with E-state index in [0.717, 1.165) is 48.5 Å². The van der Waals surface area contributed by atoms with Gasteiger partial charge in [0.1, 0.15) is 0 Å². The van der Waals surface area contributed by atoms with E-state index in [0.29, 0.717) is 5.41 Å². The highest BCUT2D eigenvalue weighted by Gasteiger charge is 2.64. The third kappa shape index (κ3) is 3.22. The molecule has 6 rings (SSSR count). The molecule has 174 valence electrons. The van der Waals surface area contributed by atoms with Gasteiger partial charge < -0.3 is 5.32 Å². The number of nitrogens with one attached hydrogen (secondary N) is 1. The van der Waals surface area contributed by atoms with Crippen LogP contribution in [0, 0.1) is 46.3 Å². The first-order valence-corrected chi connectivity index (χ1v) is 13.9. The molecule has 0 aromatic carbocycles. The van der Waals surface area contributed by atoms with Gasteiger partial charge in [0.25, 0.3) is 0 Å². The average Bonchev–Trinajstić information content (AvgIpc) is 3.68. The summed E-state index contributed by atoms with van der Waals surface area (Å²) in [5.41, 5.74) is 5.50. The van der Waals surface area contributed by atoms with Crippen LogP contribution in [0.5, 0.6) is 0 Å². The Morgan fingerprint density at radius 3 is 2.59 bits per heavy atom. The monoisotopic (exact) mass is 433 g/mol. The maximum atomic E-state index is 12.2. The van der Waals surface area contributed by atoms with Crippen LogP contribution in [-0.4, -0.2) is 12.3 Å². The minimum Gasteiger partial charge on any atom is -0.388 e. The molecular weight excluding hydrogens is 390 g/mol. The highest BCUT2D eigenvalue weighted by Crippen LogP contribution is 2.71. The van der Waals surface area contributed by atoms with Gasteiger partial charge in [-0.3, -0.25) is 4.79 Å². The zero-order valence-electron chi connectivity index (χ0n) is 20.6. The first kappa shape index (κ1) is 21.2.